The average Bonchev–Trinajstić information content (AvgIpc) is 3.68. The molecule has 0 aliphatic carbocycles. The van der Waals surface area contributed by atoms with E-state index in [1.807, 2.05) is 92.7 Å². The Kier molecular flexibility index (Phi) is 8.10. The molecule has 61 heavy (non-hydrogen) atoms. The molecule has 6 aromatic carbocycles. The zero-order chi connectivity index (χ0) is 51.3. The first-order valence-electron chi connectivity index (χ1n) is 25.3. The summed E-state index contributed by atoms with van der Waals surface area (Å²) in [5.41, 5.74) is 8.03. The van der Waals surface area contributed by atoms with Crippen LogP contribution in [0.15, 0.2) is 146 Å². The molecule has 1 N–H and O–H groups in total. The molecule has 0 saturated heterocycles. The minimum absolute atomic E-state index is 0.0112. The summed E-state index contributed by atoms with van der Waals surface area (Å²) in [6, 6.07) is 28.1. The number of nitrogens with zero attached hydrogens (tertiary/aromatic N) is 3. The van der Waals surface area contributed by atoms with Crippen molar-refractivity contribution < 1.29 is 17.4 Å². The van der Waals surface area contributed by atoms with Gasteiger partial charge in [0.25, 0.3) is 0 Å². The summed E-state index contributed by atoms with van der Waals surface area (Å²) in [5.74, 6) is -0.285. The first-order chi connectivity index (χ1) is 32.5. The van der Waals surface area contributed by atoms with E-state index in [1.54, 1.807) is 0 Å². The molecule has 0 amide bonds. The van der Waals surface area contributed by atoms with Gasteiger partial charge in [-0.3, -0.25) is 9.55 Å². The molecule has 2 aromatic heterocycles. The number of fused-ring (bicyclic) bond motifs is 1. The van der Waals surface area contributed by atoms with E-state index in [-0.39, 0.29) is 34.0 Å². The van der Waals surface area contributed by atoms with Gasteiger partial charge >= 0.3 is 0 Å². The number of benzene rings is 6. The van der Waals surface area contributed by atoms with Crippen molar-refractivity contribution in [3.05, 3.63) is 168 Å². The normalized spacial score (nSPS) is 14.6. The van der Waals surface area contributed by atoms with Gasteiger partial charge in [-0.25, -0.2) is 4.98 Å². The molecule has 0 aliphatic heterocycles. The summed E-state index contributed by atoms with van der Waals surface area (Å²) in [4.78, 5) is 10.0. The number of aromatic hydroxyl groups is 1. The maximum atomic E-state index is 12.5. The molecule has 8 rings (SSSR count). The molecular formula is C57H59N3O. The van der Waals surface area contributed by atoms with Crippen LogP contribution in [0.2, 0.25) is 0 Å². The number of imidazole rings is 1. The van der Waals surface area contributed by atoms with Crippen molar-refractivity contribution in [3.8, 4) is 67.5 Å². The lowest BCUT2D eigenvalue weighted by Crippen LogP contribution is -2.17. The van der Waals surface area contributed by atoms with Gasteiger partial charge in [-0.05, 0) is 110 Å². The zero-order valence-electron chi connectivity index (χ0n) is 46.0. The van der Waals surface area contributed by atoms with Crippen LogP contribution in [0.25, 0.3) is 72.7 Å². The largest absolute Gasteiger partial charge is 0.507 e. The predicted octanol–water partition coefficient (Wildman–Crippen LogP) is 15.5. The van der Waals surface area contributed by atoms with Crippen LogP contribution in [0.3, 0.4) is 0 Å². The Morgan fingerprint density at radius 3 is 1.97 bits per heavy atom. The molecule has 0 bridgehead atoms. The first kappa shape index (κ1) is 31.6. The van der Waals surface area contributed by atoms with Crippen LogP contribution < -0.4 is 0 Å². The molecule has 2 heterocycles. The molecule has 4 nitrogen and oxygen atoms in total. The van der Waals surface area contributed by atoms with Crippen LogP contribution in [-0.4, -0.2) is 19.6 Å². The van der Waals surface area contributed by atoms with Gasteiger partial charge in [0, 0.05) is 29.8 Å². The third-order valence-electron chi connectivity index (χ3n) is 11.3. The number of phenolic OH excluding ortho intramolecular Hbond substituents is 1. The zero-order valence-corrected chi connectivity index (χ0v) is 37.0. The first-order valence-corrected chi connectivity index (χ1v) is 20.8. The topological polar surface area (TPSA) is 50.9 Å². The van der Waals surface area contributed by atoms with E-state index in [1.165, 1.54) is 0 Å². The minimum Gasteiger partial charge on any atom is -0.507 e. The number of phenols is 1. The molecule has 0 unspecified atom stereocenters. The lowest BCUT2D eigenvalue weighted by molar-refractivity contribution is 0.446. The van der Waals surface area contributed by atoms with Crippen LogP contribution in [0, 0.1) is 0 Å². The maximum Gasteiger partial charge on any atom is 0.149 e. The fourth-order valence-electron chi connectivity index (χ4n) is 7.76. The van der Waals surface area contributed by atoms with E-state index < -0.39 is 59.2 Å². The third kappa shape index (κ3) is 8.16. The van der Waals surface area contributed by atoms with Crippen molar-refractivity contribution in [2.45, 2.75) is 98.3 Å². The molecule has 0 spiro atoms. The third-order valence-corrected chi connectivity index (χ3v) is 11.3. The lowest BCUT2D eigenvalue weighted by Gasteiger charge is -2.27. The highest BCUT2D eigenvalue weighted by atomic mass is 16.3. The second-order valence-corrected chi connectivity index (χ2v) is 19.2. The molecule has 0 saturated carbocycles. The minimum atomic E-state index is -0.906. The molecule has 308 valence electrons. The summed E-state index contributed by atoms with van der Waals surface area (Å²) in [5, 5.41) is 12.5. The van der Waals surface area contributed by atoms with Gasteiger partial charge < -0.3 is 5.11 Å². The number of para-hydroxylation sites is 1. The van der Waals surface area contributed by atoms with E-state index in [0.29, 0.717) is 28.0 Å². The van der Waals surface area contributed by atoms with E-state index in [0.717, 1.165) is 50.1 Å². The quantitative estimate of drug-likeness (QED) is 0.174. The summed E-state index contributed by atoms with van der Waals surface area (Å²) in [6.07, 6.45) is -0.512. The van der Waals surface area contributed by atoms with E-state index in [9.17, 15) is 6.48 Å². The number of hydrogen-bond donors (Lipinski definition) is 1. The van der Waals surface area contributed by atoms with Gasteiger partial charge in [0.1, 0.15) is 11.6 Å². The molecule has 0 atom stereocenters. The van der Waals surface area contributed by atoms with Crippen LogP contribution in [0.5, 0.6) is 5.75 Å². The summed E-state index contributed by atoms with van der Waals surface area (Å²) in [6.45, 7) is 22.6. The Bertz CT molecular complexity index is 3380. The molecule has 0 fully saturated rings. The highest BCUT2D eigenvalue weighted by molar-refractivity contribution is 5.98. The lowest BCUT2D eigenvalue weighted by atomic mass is 9.79. The Morgan fingerprint density at radius 2 is 1.30 bits per heavy atom. The fourth-order valence-corrected chi connectivity index (χ4v) is 7.76. The second kappa shape index (κ2) is 15.6. The van der Waals surface area contributed by atoms with Crippen molar-refractivity contribution in [2.75, 3.05) is 0 Å². The Morgan fingerprint density at radius 1 is 0.607 bits per heavy atom. The predicted molar refractivity (Wildman–Crippen MR) is 258 cm³/mol. The van der Waals surface area contributed by atoms with Crippen LogP contribution in [-0.2, 0) is 16.2 Å². The number of pyridine rings is 1. The smallest absolute Gasteiger partial charge is 0.149 e. The van der Waals surface area contributed by atoms with Crippen molar-refractivity contribution >= 4 is 11.0 Å². The van der Waals surface area contributed by atoms with E-state index in [2.05, 4.69) is 90.1 Å². The highest BCUT2D eigenvalue weighted by Gasteiger charge is 2.29. The van der Waals surface area contributed by atoms with E-state index >= 15 is 0 Å². The van der Waals surface area contributed by atoms with Crippen molar-refractivity contribution in [1.82, 2.24) is 14.5 Å². The van der Waals surface area contributed by atoms with Gasteiger partial charge in [0.05, 0.1) is 38.9 Å². The van der Waals surface area contributed by atoms with Crippen LogP contribution in [0.1, 0.15) is 117 Å². The van der Waals surface area contributed by atoms with Crippen molar-refractivity contribution in [3.63, 3.8) is 0 Å². The maximum absolute atomic E-state index is 12.5. The summed E-state index contributed by atoms with van der Waals surface area (Å²) >= 11 is 0. The SMILES string of the molecule is [2H]c1nc(-c2cc(-c3cccc4c3nc(-c3cc(C(C)(C)C)cc(C(C)(C)C)c3O)n4-c3ccc(C([2H])(C)C)cc3-c3ccccc3)cc(C(C)(C)C)c2)c([2H])c(-c2c([2H])c([2H])c([2H])c([2H])c2[2H])c1[2H]. The van der Waals surface area contributed by atoms with Crippen molar-refractivity contribution in [1.29, 1.82) is 0 Å². The molecule has 0 aliphatic rings. The number of aromatic nitrogens is 3. The number of rotatable bonds is 7. The van der Waals surface area contributed by atoms with Gasteiger partial charge in [-0.2, -0.15) is 0 Å². The molecule has 0 radical (unpaired) electrons. The Hall–Kier alpha value is -6.26. The fraction of sp³-hybridized carbons (Fsp3) is 0.263. The molecule has 4 heteroatoms. The molecular weight excluding hydrogens is 743 g/mol. The standard InChI is InChI=1S/C57H59N3O/c1-36(2)39-25-26-50(46(32-39)38-21-16-13-17-22-38)60-51-24-18-23-45(52(51)59-54(60)47-34-44(56(6,7)8)35-48(53(47)61)57(9,10)11)41-29-42(31-43(30-41)55(3,4)5)49-33-40(27-28-58-49)37-19-14-12-15-20-37/h12-36,61H,1-11H3/i12D,14D,15D,19D,20D,27D,28D,33D,36D. The molecule has 8 aromatic rings. The summed E-state index contributed by atoms with van der Waals surface area (Å²) in [7, 11) is 0. The highest BCUT2D eigenvalue weighted by Crippen LogP contribution is 2.46. The van der Waals surface area contributed by atoms with Gasteiger partial charge in [0.15, 0.2) is 0 Å². The Balaban J connectivity index is 1.49. The van der Waals surface area contributed by atoms with Gasteiger partial charge in [-0.1, -0.05) is 167 Å². The monoisotopic (exact) mass is 811 g/mol. The summed E-state index contributed by atoms with van der Waals surface area (Å²) < 4.78 is 80.8. The van der Waals surface area contributed by atoms with Crippen molar-refractivity contribution in [2.24, 2.45) is 0 Å². The average molecular weight is 811 g/mol. The number of hydrogen-bond acceptors (Lipinski definition) is 3. The Labute approximate surface area is 375 Å². The van der Waals surface area contributed by atoms with Crippen LogP contribution in [0.4, 0.5) is 0 Å². The van der Waals surface area contributed by atoms with Gasteiger partial charge in [0.2, 0.25) is 0 Å². The van der Waals surface area contributed by atoms with Crippen LogP contribution >= 0.6 is 0 Å². The van der Waals surface area contributed by atoms with Gasteiger partial charge in [-0.15, -0.1) is 0 Å². The van der Waals surface area contributed by atoms with E-state index in [4.69, 9.17) is 16.0 Å². The second-order valence-electron chi connectivity index (χ2n) is 19.2.